The monoisotopic (exact) mass is 273 g/mol. The molecule has 1 aromatic rings. The van der Waals surface area contributed by atoms with E-state index in [2.05, 4.69) is 0 Å². The van der Waals surface area contributed by atoms with Gasteiger partial charge in [0.15, 0.2) is 11.6 Å². The quantitative estimate of drug-likeness (QED) is 0.775. The molecule has 2 nitrogen and oxygen atoms in total. The number of hydrogen-bond donors (Lipinski definition) is 0. The van der Waals surface area contributed by atoms with E-state index in [4.69, 9.17) is 11.6 Å². The van der Waals surface area contributed by atoms with Gasteiger partial charge in [0.05, 0.1) is 6.42 Å². The van der Waals surface area contributed by atoms with Gasteiger partial charge in [-0.1, -0.05) is 12.1 Å². The van der Waals surface area contributed by atoms with Crippen molar-refractivity contribution < 1.29 is 13.6 Å². The molecular formula is C13H14ClF2NO. The van der Waals surface area contributed by atoms with E-state index >= 15 is 0 Å². The number of rotatable bonds is 3. The van der Waals surface area contributed by atoms with Crippen molar-refractivity contribution >= 4 is 17.5 Å². The first-order valence-electron chi connectivity index (χ1n) is 5.88. The standard InChI is InChI=1S/C13H14ClF2NO/c14-7-9-4-5-17(8-9)12(18)6-10-2-1-3-11(15)13(10)16/h1-3,9H,4-8H2. The van der Waals surface area contributed by atoms with Crippen LogP contribution in [0.2, 0.25) is 0 Å². The number of likely N-dealkylation sites (tertiary alicyclic amines) is 1. The van der Waals surface area contributed by atoms with E-state index in [9.17, 15) is 13.6 Å². The molecule has 1 aromatic carbocycles. The molecule has 1 atom stereocenters. The summed E-state index contributed by atoms with van der Waals surface area (Å²) in [5, 5.41) is 0. The lowest BCUT2D eigenvalue weighted by atomic mass is 10.1. The van der Waals surface area contributed by atoms with Gasteiger partial charge < -0.3 is 4.90 Å². The molecule has 1 unspecified atom stereocenters. The Morgan fingerprint density at radius 2 is 2.22 bits per heavy atom. The number of halogens is 3. The lowest BCUT2D eigenvalue weighted by Gasteiger charge is -2.16. The predicted octanol–water partition coefficient (Wildman–Crippen LogP) is 2.59. The summed E-state index contributed by atoms with van der Waals surface area (Å²) < 4.78 is 26.4. The minimum atomic E-state index is -0.932. The third-order valence-electron chi connectivity index (χ3n) is 3.23. The summed E-state index contributed by atoms with van der Waals surface area (Å²) in [4.78, 5) is 13.6. The molecule has 0 N–H and O–H groups in total. The lowest BCUT2D eigenvalue weighted by Crippen LogP contribution is -2.30. The topological polar surface area (TPSA) is 20.3 Å². The molecule has 2 rings (SSSR count). The summed E-state index contributed by atoms with van der Waals surface area (Å²) >= 11 is 5.74. The van der Waals surface area contributed by atoms with Gasteiger partial charge >= 0.3 is 0 Å². The van der Waals surface area contributed by atoms with Crippen LogP contribution in [0.1, 0.15) is 12.0 Å². The van der Waals surface area contributed by atoms with Gasteiger partial charge in [0, 0.05) is 24.5 Å². The molecular weight excluding hydrogens is 260 g/mol. The van der Waals surface area contributed by atoms with E-state index < -0.39 is 11.6 Å². The molecule has 18 heavy (non-hydrogen) atoms. The number of benzene rings is 1. The Bertz CT molecular complexity index is 453. The van der Waals surface area contributed by atoms with Gasteiger partial charge in [-0.25, -0.2) is 8.78 Å². The molecule has 1 saturated heterocycles. The number of carbonyl (C=O) groups is 1. The van der Waals surface area contributed by atoms with Crippen LogP contribution in [0.5, 0.6) is 0 Å². The molecule has 0 aromatic heterocycles. The van der Waals surface area contributed by atoms with Crippen LogP contribution in [0.3, 0.4) is 0 Å². The average molecular weight is 274 g/mol. The molecule has 1 aliphatic rings. The van der Waals surface area contributed by atoms with Crippen molar-refractivity contribution in [2.45, 2.75) is 12.8 Å². The predicted molar refractivity (Wildman–Crippen MR) is 65.5 cm³/mol. The smallest absolute Gasteiger partial charge is 0.227 e. The lowest BCUT2D eigenvalue weighted by molar-refractivity contribution is -0.129. The maximum Gasteiger partial charge on any atom is 0.227 e. The van der Waals surface area contributed by atoms with Gasteiger partial charge in [-0.15, -0.1) is 11.6 Å². The van der Waals surface area contributed by atoms with Crippen LogP contribution in [0.4, 0.5) is 8.78 Å². The fourth-order valence-corrected chi connectivity index (χ4v) is 2.40. The van der Waals surface area contributed by atoms with E-state index in [0.717, 1.165) is 12.5 Å². The van der Waals surface area contributed by atoms with Crippen LogP contribution in [0.25, 0.3) is 0 Å². The molecule has 1 heterocycles. The Balaban J connectivity index is 2.01. The third-order valence-corrected chi connectivity index (χ3v) is 3.67. The number of hydrogen-bond acceptors (Lipinski definition) is 1. The van der Waals surface area contributed by atoms with Crippen molar-refractivity contribution in [3.63, 3.8) is 0 Å². The van der Waals surface area contributed by atoms with Gasteiger partial charge in [-0.05, 0) is 18.4 Å². The molecule has 1 amide bonds. The number of nitrogens with zero attached hydrogens (tertiary/aromatic N) is 1. The first kappa shape index (κ1) is 13.3. The Morgan fingerprint density at radius 3 is 2.89 bits per heavy atom. The second kappa shape index (κ2) is 5.65. The number of amides is 1. The van der Waals surface area contributed by atoms with Crippen LogP contribution in [0.15, 0.2) is 18.2 Å². The first-order chi connectivity index (χ1) is 8.61. The Kier molecular flexibility index (Phi) is 4.17. The normalized spacial score (nSPS) is 19.3. The Labute approximate surface area is 110 Å². The fourth-order valence-electron chi connectivity index (χ4n) is 2.14. The van der Waals surface area contributed by atoms with Crippen molar-refractivity contribution in [1.82, 2.24) is 4.90 Å². The first-order valence-corrected chi connectivity index (χ1v) is 6.42. The zero-order chi connectivity index (χ0) is 13.1. The number of alkyl halides is 1. The van der Waals surface area contributed by atoms with Crippen molar-refractivity contribution in [1.29, 1.82) is 0 Å². The molecule has 0 spiro atoms. The Hall–Kier alpha value is -1.16. The summed E-state index contributed by atoms with van der Waals surface area (Å²) in [6.45, 7) is 1.26. The molecule has 1 aliphatic heterocycles. The fraction of sp³-hybridized carbons (Fsp3) is 0.462. The highest BCUT2D eigenvalue weighted by Crippen LogP contribution is 2.19. The summed E-state index contributed by atoms with van der Waals surface area (Å²) in [6.07, 6.45) is 0.777. The van der Waals surface area contributed by atoms with Crippen molar-refractivity contribution in [3.8, 4) is 0 Å². The zero-order valence-corrected chi connectivity index (χ0v) is 10.6. The van der Waals surface area contributed by atoms with Crippen LogP contribution in [0, 0.1) is 17.6 Å². The molecule has 0 radical (unpaired) electrons. The van der Waals surface area contributed by atoms with Crippen molar-refractivity contribution in [3.05, 3.63) is 35.4 Å². The Morgan fingerprint density at radius 1 is 1.44 bits per heavy atom. The average Bonchev–Trinajstić information content (AvgIpc) is 2.83. The highest BCUT2D eigenvalue weighted by atomic mass is 35.5. The van der Waals surface area contributed by atoms with Crippen LogP contribution >= 0.6 is 11.6 Å². The van der Waals surface area contributed by atoms with E-state index in [1.807, 2.05) is 0 Å². The maximum atomic E-state index is 13.4. The molecule has 0 saturated carbocycles. The summed E-state index contributed by atoms with van der Waals surface area (Å²) in [6, 6.07) is 3.89. The van der Waals surface area contributed by atoms with E-state index in [-0.39, 0.29) is 17.9 Å². The molecule has 98 valence electrons. The molecule has 0 bridgehead atoms. The van der Waals surface area contributed by atoms with Crippen molar-refractivity contribution in [2.75, 3.05) is 19.0 Å². The van der Waals surface area contributed by atoms with E-state index in [1.54, 1.807) is 4.90 Å². The number of carbonyl (C=O) groups excluding carboxylic acids is 1. The van der Waals surface area contributed by atoms with Gasteiger partial charge in [0.2, 0.25) is 5.91 Å². The molecule has 1 fully saturated rings. The van der Waals surface area contributed by atoms with Crippen molar-refractivity contribution in [2.24, 2.45) is 5.92 Å². The van der Waals surface area contributed by atoms with Crippen LogP contribution in [-0.2, 0) is 11.2 Å². The van der Waals surface area contributed by atoms with E-state index in [0.29, 0.717) is 24.9 Å². The second-order valence-corrected chi connectivity index (χ2v) is 4.85. The minimum absolute atomic E-state index is 0.0986. The summed E-state index contributed by atoms with van der Waals surface area (Å²) in [5.41, 5.74) is 0.106. The van der Waals surface area contributed by atoms with Gasteiger partial charge in [-0.3, -0.25) is 4.79 Å². The molecule has 0 aliphatic carbocycles. The maximum absolute atomic E-state index is 13.4. The van der Waals surface area contributed by atoms with Gasteiger partial charge in [0.25, 0.3) is 0 Å². The largest absolute Gasteiger partial charge is 0.342 e. The SMILES string of the molecule is O=C(Cc1cccc(F)c1F)N1CCC(CCl)C1. The third kappa shape index (κ3) is 2.80. The minimum Gasteiger partial charge on any atom is -0.342 e. The summed E-state index contributed by atoms with van der Waals surface area (Å²) in [7, 11) is 0. The van der Waals surface area contributed by atoms with E-state index in [1.165, 1.54) is 12.1 Å². The van der Waals surface area contributed by atoms with Crippen LogP contribution in [-0.4, -0.2) is 29.8 Å². The van der Waals surface area contributed by atoms with Gasteiger partial charge in [-0.2, -0.15) is 0 Å². The van der Waals surface area contributed by atoms with Crippen LogP contribution < -0.4 is 0 Å². The zero-order valence-electron chi connectivity index (χ0n) is 9.83. The second-order valence-electron chi connectivity index (χ2n) is 4.54. The van der Waals surface area contributed by atoms with Gasteiger partial charge in [0.1, 0.15) is 0 Å². The summed E-state index contributed by atoms with van der Waals surface area (Å²) in [5.74, 6) is -1.18. The highest BCUT2D eigenvalue weighted by Gasteiger charge is 2.26. The highest BCUT2D eigenvalue weighted by molar-refractivity contribution is 6.18. The molecule has 5 heteroatoms.